The van der Waals surface area contributed by atoms with Crippen LogP contribution in [0.25, 0.3) is 0 Å². The lowest BCUT2D eigenvalue weighted by Crippen LogP contribution is -2.46. The molecule has 4 nitrogen and oxygen atoms in total. The molecule has 2 aliphatic heterocycles. The van der Waals surface area contributed by atoms with Crippen LogP contribution >= 0.6 is 0 Å². The van der Waals surface area contributed by atoms with Crippen molar-refractivity contribution in [2.75, 3.05) is 26.3 Å². The highest BCUT2D eigenvalue weighted by Crippen LogP contribution is 2.37. The summed E-state index contributed by atoms with van der Waals surface area (Å²) in [6.45, 7) is 3.54. The third-order valence-electron chi connectivity index (χ3n) is 4.31. The minimum Gasteiger partial charge on any atom is -0.445 e. The first-order valence-corrected chi connectivity index (χ1v) is 7.31. The van der Waals surface area contributed by atoms with E-state index in [4.69, 9.17) is 9.47 Å². The van der Waals surface area contributed by atoms with Crippen LogP contribution in [0.2, 0.25) is 0 Å². The van der Waals surface area contributed by atoms with E-state index in [0.717, 1.165) is 51.1 Å². The van der Waals surface area contributed by atoms with Gasteiger partial charge in [0.1, 0.15) is 6.61 Å². The monoisotopic (exact) mass is 275 g/mol. The van der Waals surface area contributed by atoms with Crippen LogP contribution in [-0.2, 0) is 16.1 Å². The van der Waals surface area contributed by atoms with Crippen LogP contribution in [0.5, 0.6) is 0 Å². The molecule has 4 heteroatoms. The van der Waals surface area contributed by atoms with Crippen LogP contribution in [0, 0.1) is 5.41 Å². The van der Waals surface area contributed by atoms with Crippen molar-refractivity contribution in [1.29, 1.82) is 0 Å². The molecule has 1 spiro atoms. The average molecular weight is 275 g/mol. The molecule has 0 radical (unpaired) electrons. The fourth-order valence-electron chi connectivity index (χ4n) is 3.15. The minimum atomic E-state index is -0.195. The number of piperidine rings is 1. The number of carbonyl (C=O) groups is 1. The molecule has 0 aromatic heterocycles. The molecular weight excluding hydrogens is 254 g/mol. The van der Waals surface area contributed by atoms with Crippen molar-refractivity contribution >= 4 is 6.09 Å². The van der Waals surface area contributed by atoms with E-state index in [1.165, 1.54) is 0 Å². The highest BCUT2D eigenvalue weighted by Gasteiger charge is 2.40. The van der Waals surface area contributed by atoms with Gasteiger partial charge in [-0.25, -0.2) is 4.79 Å². The maximum atomic E-state index is 12.2. The van der Waals surface area contributed by atoms with E-state index in [2.05, 4.69) is 0 Å². The summed E-state index contributed by atoms with van der Waals surface area (Å²) >= 11 is 0. The zero-order valence-electron chi connectivity index (χ0n) is 11.7. The van der Waals surface area contributed by atoms with E-state index in [1.807, 2.05) is 35.2 Å². The predicted octanol–water partition coefficient (Wildman–Crippen LogP) is 2.83. The number of amides is 1. The number of carbonyl (C=O) groups excluding carboxylic acids is 1. The van der Waals surface area contributed by atoms with Crippen molar-refractivity contribution in [3.05, 3.63) is 35.9 Å². The van der Waals surface area contributed by atoms with Crippen molar-refractivity contribution < 1.29 is 14.3 Å². The van der Waals surface area contributed by atoms with Crippen LogP contribution in [0.1, 0.15) is 24.8 Å². The van der Waals surface area contributed by atoms with Gasteiger partial charge in [0.25, 0.3) is 0 Å². The normalized spacial score (nSPS) is 25.9. The molecule has 1 amide bonds. The molecule has 108 valence electrons. The summed E-state index contributed by atoms with van der Waals surface area (Å²) < 4.78 is 10.9. The maximum absolute atomic E-state index is 12.2. The van der Waals surface area contributed by atoms with Gasteiger partial charge in [-0.2, -0.15) is 0 Å². The first-order valence-electron chi connectivity index (χ1n) is 7.31. The van der Waals surface area contributed by atoms with Crippen molar-refractivity contribution in [3.63, 3.8) is 0 Å². The molecule has 2 aliphatic rings. The van der Waals surface area contributed by atoms with Gasteiger partial charge in [-0.05, 0) is 24.8 Å². The summed E-state index contributed by atoms with van der Waals surface area (Å²) in [5.74, 6) is 0. The summed E-state index contributed by atoms with van der Waals surface area (Å²) in [6, 6.07) is 9.80. The minimum absolute atomic E-state index is 0.185. The number of ether oxygens (including phenoxy) is 2. The topological polar surface area (TPSA) is 38.8 Å². The second kappa shape index (κ2) is 5.83. The number of hydrogen-bond donors (Lipinski definition) is 0. The summed E-state index contributed by atoms with van der Waals surface area (Å²) in [4.78, 5) is 14.0. The fraction of sp³-hybridized carbons (Fsp3) is 0.562. The van der Waals surface area contributed by atoms with E-state index in [-0.39, 0.29) is 11.5 Å². The Labute approximate surface area is 119 Å². The van der Waals surface area contributed by atoms with Gasteiger partial charge in [0.15, 0.2) is 0 Å². The first kappa shape index (κ1) is 13.4. The molecule has 3 rings (SSSR count). The Bertz CT molecular complexity index is 454. The number of benzene rings is 1. The van der Waals surface area contributed by atoms with Crippen molar-refractivity contribution in [2.45, 2.75) is 25.9 Å². The molecule has 2 fully saturated rings. The maximum Gasteiger partial charge on any atom is 0.410 e. The lowest BCUT2D eigenvalue weighted by molar-refractivity contribution is 0.0444. The average Bonchev–Trinajstić information content (AvgIpc) is 2.93. The molecule has 0 aliphatic carbocycles. The van der Waals surface area contributed by atoms with E-state index in [0.29, 0.717) is 6.61 Å². The van der Waals surface area contributed by atoms with Gasteiger partial charge in [0.05, 0.1) is 6.61 Å². The molecule has 20 heavy (non-hydrogen) atoms. The molecule has 1 atom stereocenters. The smallest absolute Gasteiger partial charge is 0.410 e. The van der Waals surface area contributed by atoms with Crippen LogP contribution in [0.3, 0.4) is 0 Å². The zero-order chi connectivity index (χ0) is 13.8. The number of hydrogen-bond acceptors (Lipinski definition) is 3. The Morgan fingerprint density at radius 3 is 2.90 bits per heavy atom. The molecule has 1 aromatic rings. The molecule has 2 heterocycles. The second-order valence-corrected chi connectivity index (χ2v) is 5.87. The van der Waals surface area contributed by atoms with Crippen molar-refractivity contribution in [3.8, 4) is 0 Å². The summed E-state index contributed by atoms with van der Waals surface area (Å²) in [5, 5.41) is 0. The standard InChI is InChI=1S/C16H21NO3/c18-15(20-11-14-5-2-1-3-6-14)17-9-4-7-16(12-17)8-10-19-13-16/h1-3,5-6H,4,7-13H2. The van der Waals surface area contributed by atoms with E-state index in [9.17, 15) is 4.79 Å². The van der Waals surface area contributed by atoms with Gasteiger partial charge in [-0.1, -0.05) is 30.3 Å². The van der Waals surface area contributed by atoms with Crippen LogP contribution < -0.4 is 0 Å². The zero-order valence-corrected chi connectivity index (χ0v) is 11.7. The molecule has 1 unspecified atom stereocenters. The third kappa shape index (κ3) is 2.96. The van der Waals surface area contributed by atoms with Gasteiger partial charge in [0.2, 0.25) is 0 Å². The quantitative estimate of drug-likeness (QED) is 0.833. The van der Waals surface area contributed by atoms with E-state index < -0.39 is 0 Å². The van der Waals surface area contributed by atoms with Crippen LogP contribution in [0.15, 0.2) is 30.3 Å². The van der Waals surface area contributed by atoms with E-state index in [1.54, 1.807) is 0 Å². The lowest BCUT2D eigenvalue weighted by atomic mass is 9.79. The Morgan fingerprint density at radius 2 is 2.15 bits per heavy atom. The van der Waals surface area contributed by atoms with Gasteiger partial charge in [-0.3, -0.25) is 0 Å². The van der Waals surface area contributed by atoms with Crippen molar-refractivity contribution in [1.82, 2.24) is 4.90 Å². The predicted molar refractivity (Wildman–Crippen MR) is 75.3 cm³/mol. The SMILES string of the molecule is O=C(OCc1ccccc1)N1CCCC2(CCOC2)C1. The van der Waals surface area contributed by atoms with Gasteiger partial charge in [-0.15, -0.1) is 0 Å². The molecular formula is C16H21NO3. The largest absolute Gasteiger partial charge is 0.445 e. The number of rotatable bonds is 2. The molecule has 0 N–H and O–H groups in total. The lowest BCUT2D eigenvalue weighted by Gasteiger charge is -2.38. The second-order valence-electron chi connectivity index (χ2n) is 5.87. The summed E-state index contributed by atoms with van der Waals surface area (Å²) in [5.41, 5.74) is 1.21. The molecule has 0 bridgehead atoms. The van der Waals surface area contributed by atoms with Gasteiger partial charge < -0.3 is 14.4 Å². The fourth-order valence-corrected chi connectivity index (χ4v) is 3.15. The van der Waals surface area contributed by atoms with Gasteiger partial charge >= 0.3 is 6.09 Å². The molecule has 2 saturated heterocycles. The Morgan fingerprint density at radius 1 is 1.30 bits per heavy atom. The molecule has 1 aromatic carbocycles. The summed E-state index contributed by atoms with van der Waals surface area (Å²) in [7, 11) is 0. The van der Waals surface area contributed by atoms with E-state index >= 15 is 0 Å². The third-order valence-corrected chi connectivity index (χ3v) is 4.31. The first-order chi connectivity index (χ1) is 9.77. The Balaban J connectivity index is 1.54. The molecule has 0 saturated carbocycles. The number of nitrogens with zero attached hydrogens (tertiary/aromatic N) is 1. The van der Waals surface area contributed by atoms with Crippen molar-refractivity contribution in [2.24, 2.45) is 5.41 Å². The highest BCUT2D eigenvalue weighted by atomic mass is 16.6. The number of likely N-dealkylation sites (tertiary alicyclic amines) is 1. The van der Waals surface area contributed by atoms with Gasteiger partial charge in [0, 0.05) is 25.1 Å². The highest BCUT2D eigenvalue weighted by molar-refractivity contribution is 5.67. The Hall–Kier alpha value is -1.55. The van der Waals surface area contributed by atoms with Crippen LogP contribution in [-0.4, -0.2) is 37.3 Å². The summed E-state index contributed by atoms with van der Waals surface area (Å²) in [6.07, 6.45) is 3.08. The van der Waals surface area contributed by atoms with Crippen LogP contribution in [0.4, 0.5) is 4.79 Å². The Kier molecular flexibility index (Phi) is 3.92.